The fraction of sp³-hybridized carbons (Fsp3) is 0. The van der Waals surface area contributed by atoms with Gasteiger partial charge in [-0.25, -0.2) is 14.2 Å². The number of benzene rings is 2. The summed E-state index contributed by atoms with van der Waals surface area (Å²) < 4.78 is 13.8. The number of carboxylic acid groups (broad SMARTS) is 1. The van der Waals surface area contributed by atoms with Gasteiger partial charge in [0.1, 0.15) is 11.3 Å². The summed E-state index contributed by atoms with van der Waals surface area (Å²) in [7, 11) is 0. The van der Waals surface area contributed by atoms with Crippen molar-refractivity contribution in [1.29, 1.82) is 0 Å². The molecule has 1 heterocycles. The van der Waals surface area contributed by atoms with Crippen molar-refractivity contribution in [2.45, 2.75) is 0 Å². The highest BCUT2D eigenvalue weighted by molar-refractivity contribution is 5.88. The predicted molar refractivity (Wildman–Crippen MR) is 75.8 cm³/mol. The van der Waals surface area contributed by atoms with Gasteiger partial charge in [0.15, 0.2) is 5.82 Å². The molecule has 0 amide bonds. The Morgan fingerprint density at radius 1 is 1.05 bits per heavy atom. The van der Waals surface area contributed by atoms with Crippen LogP contribution in [0.25, 0.3) is 22.2 Å². The molecule has 4 nitrogen and oxygen atoms in total. The Morgan fingerprint density at radius 3 is 2.43 bits per heavy atom. The molecule has 2 aromatic carbocycles. The van der Waals surface area contributed by atoms with Crippen LogP contribution in [0, 0.1) is 5.82 Å². The lowest BCUT2D eigenvalue weighted by Crippen LogP contribution is -1.95. The number of hydrogen-bond acceptors (Lipinski definition) is 3. The molecule has 5 heteroatoms. The first-order chi connectivity index (χ1) is 10.0. The van der Waals surface area contributed by atoms with Crippen molar-refractivity contribution in [3.8, 4) is 17.0 Å². The summed E-state index contributed by atoms with van der Waals surface area (Å²) in [6.45, 7) is 0. The van der Waals surface area contributed by atoms with Gasteiger partial charge in [0.25, 0.3) is 0 Å². The fourth-order valence-electron chi connectivity index (χ4n) is 2.12. The third kappa shape index (κ3) is 2.41. The first-order valence-corrected chi connectivity index (χ1v) is 6.17. The van der Waals surface area contributed by atoms with Crippen molar-refractivity contribution in [3.05, 3.63) is 59.9 Å². The highest BCUT2D eigenvalue weighted by Crippen LogP contribution is 2.26. The molecule has 0 saturated heterocycles. The minimum Gasteiger partial charge on any atom is -0.508 e. The highest BCUT2D eigenvalue weighted by Gasteiger charge is 2.08. The van der Waals surface area contributed by atoms with Crippen LogP contribution in [0.2, 0.25) is 0 Å². The summed E-state index contributed by atoms with van der Waals surface area (Å²) in [5.41, 5.74) is 1.56. The number of halogens is 1. The number of aromatic hydroxyl groups is 1. The number of phenolic OH excluding ortho intramolecular Hbond substituents is 1. The molecule has 0 unspecified atom stereocenters. The second kappa shape index (κ2) is 4.86. The van der Waals surface area contributed by atoms with Crippen LogP contribution in [0.4, 0.5) is 4.39 Å². The third-order valence-corrected chi connectivity index (χ3v) is 3.16. The summed E-state index contributed by atoms with van der Waals surface area (Å²) >= 11 is 0. The zero-order valence-corrected chi connectivity index (χ0v) is 10.7. The number of aromatic nitrogens is 1. The standard InChI is InChI=1S/C16H10FNO3/c17-13-8-12(19)7-11-5-6-14(18-15(11)13)9-1-3-10(4-2-9)16(20)21/h1-8,19H,(H,20,21). The lowest BCUT2D eigenvalue weighted by molar-refractivity contribution is 0.0697. The topological polar surface area (TPSA) is 70.4 Å². The SMILES string of the molecule is O=C(O)c1ccc(-c2ccc3cc(O)cc(F)c3n2)cc1. The molecule has 0 aliphatic rings. The van der Waals surface area contributed by atoms with Crippen LogP contribution in [0.15, 0.2) is 48.5 Å². The largest absolute Gasteiger partial charge is 0.508 e. The molecule has 0 saturated carbocycles. The number of pyridine rings is 1. The number of carboxylic acids is 1. The minimum absolute atomic E-state index is 0.152. The minimum atomic E-state index is -1.01. The lowest BCUT2D eigenvalue weighted by atomic mass is 10.1. The molecular formula is C16H10FNO3. The molecule has 0 bridgehead atoms. The second-order valence-electron chi connectivity index (χ2n) is 4.58. The van der Waals surface area contributed by atoms with Gasteiger partial charge in [-0.15, -0.1) is 0 Å². The van der Waals surface area contributed by atoms with Gasteiger partial charge >= 0.3 is 5.97 Å². The Labute approximate surface area is 119 Å². The van der Waals surface area contributed by atoms with E-state index in [0.29, 0.717) is 16.6 Å². The predicted octanol–water partition coefficient (Wildman–Crippen LogP) is 3.44. The van der Waals surface area contributed by atoms with E-state index in [1.807, 2.05) is 0 Å². The Bertz CT molecular complexity index is 844. The van der Waals surface area contributed by atoms with Crippen molar-refractivity contribution in [2.75, 3.05) is 0 Å². The van der Waals surface area contributed by atoms with Gasteiger partial charge in [0.05, 0.1) is 11.3 Å². The number of phenols is 1. The smallest absolute Gasteiger partial charge is 0.335 e. The number of fused-ring (bicyclic) bond motifs is 1. The summed E-state index contributed by atoms with van der Waals surface area (Å²) in [4.78, 5) is 15.0. The van der Waals surface area contributed by atoms with Crippen LogP contribution in [0.5, 0.6) is 5.75 Å². The molecule has 0 aliphatic heterocycles. The van der Waals surface area contributed by atoms with Crippen molar-refractivity contribution in [2.24, 2.45) is 0 Å². The Balaban J connectivity index is 2.10. The van der Waals surface area contributed by atoms with Crippen molar-refractivity contribution >= 4 is 16.9 Å². The number of aromatic carboxylic acids is 1. The Morgan fingerprint density at radius 2 is 1.76 bits per heavy atom. The number of hydrogen-bond donors (Lipinski definition) is 2. The maximum absolute atomic E-state index is 13.8. The molecule has 0 radical (unpaired) electrons. The third-order valence-electron chi connectivity index (χ3n) is 3.16. The van der Waals surface area contributed by atoms with E-state index in [2.05, 4.69) is 4.98 Å². The zero-order chi connectivity index (χ0) is 15.0. The van der Waals surface area contributed by atoms with Gasteiger partial charge < -0.3 is 10.2 Å². The van der Waals surface area contributed by atoms with E-state index < -0.39 is 11.8 Å². The average Bonchev–Trinajstić information content (AvgIpc) is 2.47. The summed E-state index contributed by atoms with van der Waals surface area (Å²) in [6, 6.07) is 12.0. The van der Waals surface area contributed by atoms with Gasteiger partial charge in [-0.3, -0.25) is 0 Å². The Kier molecular flexibility index (Phi) is 3.02. The van der Waals surface area contributed by atoms with Gasteiger partial charge in [-0.05, 0) is 24.3 Å². The van der Waals surface area contributed by atoms with Crippen LogP contribution in [0.1, 0.15) is 10.4 Å². The molecule has 0 aliphatic carbocycles. The maximum atomic E-state index is 13.8. The van der Waals surface area contributed by atoms with Crippen LogP contribution in [-0.4, -0.2) is 21.2 Å². The highest BCUT2D eigenvalue weighted by atomic mass is 19.1. The van der Waals surface area contributed by atoms with E-state index in [0.717, 1.165) is 6.07 Å². The number of nitrogens with zero attached hydrogens (tertiary/aromatic N) is 1. The van der Waals surface area contributed by atoms with Crippen LogP contribution in [-0.2, 0) is 0 Å². The molecule has 104 valence electrons. The zero-order valence-electron chi connectivity index (χ0n) is 10.7. The molecule has 1 aromatic heterocycles. The first kappa shape index (κ1) is 13.1. The van der Waals surface area contributed by atoms with Gasteiger partial charge in [0, 0.05) is 17.0 Å². The fourth-order valence-corrected chi connectivity index (χ4v) is 2.12. The molecule has 0 spiro atoms. The van der Waals surface area contributed by atoms with E-state index >= 15 is 0 Å². The van der Waals surface area contributed by atoms with Crippen LogP contribution < -0.4 is 0 Å². The quantitative estimate of drug-likeness (QED) is 0.755. The molecular weight excluding hydrogens is 273 g/mol. The normalized spacial score (nSPS) is 10.7. The molecule has 0 atom stereocenters. The van der Waals surface area contributed by atoms with Gasteiger partial charge in [0.2, 0.25) is 0 Å². The molecule has 0 fully saturated rings. The van der Waals surface area contributed by atoms with E-state index in [1.54, 1.807) is 24.3 Å². The lowest BCUT2D eigenvalue weighted by Gasteiger charge is -2.05. The Hall–Kier alpha value is -2.95. The number of rotatable bonds is 2. The maximum Gasteiger partial charge on any atom is 0.335 e. The van der Waals surface area contributed by atoms with E-state index in [4.69, 9.17) is 5.11 Å². The average molecular weight is 283 g/mol. The van der Waals surface area contributed by atoms with Crippen molar-refractivity contribution in [1.82, 2.24) is 4.98 Å². The van der Waals surface area contributed by atoms with E-state index in [1.165, 1.54) is 18.2 Å². The van der Waals surface area contributed by atoms with Crippen molar-refractivity contribution in [3.63, 3.8) is 0 Å². The van der Waals surface area contributed by atoms with E-state index in [-0.39, 0.29) is 16.8 Å². The molecule has 3 aromatic rings. The second-order valence-corrected chi connectivity index (χ2v) is 4.58. The summed E-state index contributed by atoms with van der Waals surface area (Å²) in [5, 5.41) is 18.7. The molecule has 21 heavy (non-hydrogen) atoms. The molecule has 2 N–H and O–H groups in total. The van der Waals surface area contributed by atoms with Crippen molar-refractivity contribution < 1.29 is 19.4 Å². The van der Waals surface area contributed by atoms with Gasteiger partial charge in [-0.1, -0.05) is 18.2 Å². The van der Waals surface area contributed by atoms with Gasteiger partial charge in [-0.2, -0.15) is 0 Å². The number of carbonyl (C=O) groups is 1. The monoisotopic (exact) mass is 283 g/mol. The van der Waals surface area contributed by atoms with Crippen LogP contribution in [0.3, 0.4) is 0 Å². The van der Waals surface area contributed by atoms with Crippen LogP contribution >= 0.6 is 0 Å². The van der Waals surface area contributed by atoms with E-state index in [9.17, 15) is 14.3 Å². The molecule has 3 rings (SSSR count). The summed E-state index contributed by atoms with van der Waals surface area (Å²) in [5.74, 6) is -1.76. The summed E-state index contributed by atoms with van der Waals surface area (Å²) in [6.07, 6.45) is 0. The first-order valence-electron chi connectivity index (χ1n) is 6.17.